The van der Waals surface area contributed by atoms with Crippen LogP contribution in [0.15, 0.2) is 18.5 Å². The third-order valence-corrected chi connectivity index (χ3v) is 3.34. The average molecular weight is 227 g/mol. The number of likely N-dealkylation sites (N-methyl/N-ethyl adjacent to an activating group) is 1. The number of pyridine rings is 1. The number of nitrogens with one attached hydrogen (secondary N) is 1. The van der Waals surface area contributed by atoms with E-state index in [1.54, 1.807) is 12.4 Å². The number of halogens is 1. The predicted octanol–water partition coefficient (Wildman–Crippen LogP) is 2.91. The third-order valence-electron chi connectivity index (χ3n) is 3.00. The van der Waals surface area contributed by atoms with Gasteiger partial charge in [0.05, 0.1) is 5.02 Å². The Morgan fingerprint density at radius 3 is 2.80 bits per heavy atom. The third kappa shape index (κ3) is 3.47. The maximum atomic E-state index is 6.08. The highest BCUT2D eigenvalue weighted by Gasteiger charge is 2.15. The van der Waals surface area contributed by atoms with Crippen LogP contribution in [-0.4, -0.2) is 18.1 Å². The molecular formula is C12H19ClN2. The van der Waals surface area contributed by atoms with Crippen LogP contribution in [-0.2, 0) is 6.42 Å². The number of rotatable bonds is 5. The number of nitrogens with zero attached hydrogens (tertiary/aromatic N) is 1. The molecule has 1 N–H and O–H groups in total. The second-order valence-electron chi connectivity index (χ2n) is 3.95. The fourth-order valence-electron chi connectivity index (χ4n) is 1.68. The second kappa shape index (κ2) is 6.09. The molecule has 0 saturated carbocycles. The molecule has 0 amide bonds. The molecule has 2 unspecified atom stereocenters. The fourth-order valence-corrected chi connectivity index (χ4v) is 1.88. The minimum atomic E-state index is 0.481. The van der Waals surface area contributed by atoms with Crippen LogP contribution < -0.4 is 5.32 Å². The van der Waals surface area contributed by atoms with Crippen molar-refractivity contribution in [2.75, 3.05) is 7.05 Å². The van der Waals surface area contributed by atoms with E-state index in [2.05, 4.69) is 24.1 Å². The smallest absolute Gasteiger partial charge is 0.0621 e. The second-order valence-corrected chi connectivity index (χ2v) is 4.36. The molecule has 0 radical (unpaired) electrons. The van der Waals surface area contributed by atoms with Crippen molar-refractivity contribution in [3.63, 3.8) is 0 Å². The molecule has 1 aromatic heterocycles. The van der Waals surface area contributed by atoms with E-state index >= 15 is 0 Å². The average Bonchev–Trinajstić information content (AvgIpc) is 2.27. The highest BCUT2D eigenvalue weighted by atomic mass is 35.5. The van der Waals surface area contributed by atoms with Crippen LogP contribution in [0.2, 0.25) is 5.02 Å². The van der Waals surface area contributed by atoms with Crippen LogP contribution >= 0.6 is 11.6 Å². The quantitative estimate of drug-likeness (QED) is 0.835. The van der Waals surface area contributed by atoms with Crippen LogP contribution in [0.1, 0.15) is 25.8 Å². The van der Waals surface area contributed by atoms with Crippen molar-refractivity contribution in [1.29, 1.82) is 0 Å². The summed E-state index contributed by atoms with van der Waals surface area (Å²) in [6.07, 6.45) is 5.64. The van der Waals surface area contributed by atoms with Gasteiger partial charge in [0.25, 0.3) is 0 Å². The summed E-state index contributed by atoms with van der Waals surface area (Å²) in [5.74, 6) is 0.652. The first-order chi connectivity index (χ1) is 7.19. The van der Waals surface area contributed by atoms with E-state index in [4.69, 9.17) is 11.6 Å². The van der Waals surface area contributed by atoms with Gasteiger partial charge in [-0.15, -0.1) is 0 Å². The molecule has 3 heteroatoms. The minimum absolute atomic E-state index is 0.481. The SMILES string of the molecule is CCC(C)C(Cc1ccncc1Cl)NC. The Morgan fingerprint density at radius 1 is 1.53 bits per heavy atom. The first-order valence-electron chi connectivity index (χ1n) is 5.44. The standard InChI is InChI=1S/C12H19ClN2/c1-4-9(2)12(14-3)7-10-5-6-15-8-11(10)13/h5-6,8-9,12,14H,4,7H2,1-3H3. The lowest BCUT2D eigenvalue weighted by molar-refractivity contribution is 0.386. The molecule has 84 valence electrons. The van der Waals surface area contributed by atoms with Gasteiger partial charge in [0.1, 0.15) is 0 Å². The van der Waals surface area contributed by atoms with Gasteiger partial charge in [0.2, 0.25) is 0 Å². The number of aromatic nitrogens is 1. The van der Waals surface area contributed by atoms with Gasteiger partial charge < -0.3 is 5.32 Å². The normalized spacial score (nSPS) is 14.9. The van der Waals surface area contributed by atoms with Crippen molar-refractivity contribution in [1.82, 2.24) is 10.3 Å². The lowest BCUT2D eigenvalue weighted by atomic mass is 9.93. The molecule has 2 nitrogen and oxygen atoms in total. The molecule has 0 spiro atoms. The molecule has 1 rings (SSSR count). The molecule has 0 aliphatic rings. The Bertz CT molecular complexity index is 301. The number of hydrogen-bond acceptors (Lipinski definition) is 2. The van der Waals surface area contributed by atoms with Crippen LogP contribution in [0.5, 0.6) is 0 Å². The molecule has 0 fully saturated rings. The van der Waals surface area contributed by atoms with Crippen LogP contribution in [0.4, 0.5) is 0 Å². The van der Waals surface area contributed by atoms with E-state index in [-0.39, 0.29) is 0 Å². The van der Waals surface area contributed by atoms with Crippen LogP contribution in [0, 0.1) is 5.92 Å². The Hall–Kier alpha value is -0.600. The van der Waals surface area contributed by atoms with E-state index < -0.39 is 0 Å². The summed E-state index contributed by atoms with van der Waals surface area (Å²) in [5.41, 5.74) is 1.17. The Kier molecular flexibility index (Phi) is 5.06. The highest BCUT2D eigenvalue weighted by Crippen LogP contribution is 2.19. The molecular weight excluding hydrogens is 208 g/mol. The van der Waals surface area contributed by atoms with Crippen molar-refractivity contribution >= 4 is 11.6 Å². The van der Waals surface area contributed by atoms with Gasteiger partial charge in [-0.2, -0.15) is 0 Å². The van der Waals surface area contributed by atoms with Gasteiger partial charge >= 0.3 is 0 Å². The van der Waals surface area contributed by atoms with Gasteiger partial charge in [-0.1, -0.05) is 31.9 Å². The van der Waals surface area contributed by atoms with E-state index in [0.29, 0.717) is 12.0 Å². The summed E-state index contributed by atoms with van der Waals surface area (Å²) in [4.78, 5) is 3.99. The van der Waals surface area contributed by atoms with Crippen molar-refractivity contribution in [2.45, 2.75) is 32.7 Å². The summed E-state index contributed by atoms with van der Waals surface area (Å²) >= 11 is 6.08. The molecule has 1 heterocycles. The van der Waals surface area contributed by atoms with Crippen molar-refractivity contribution < 1.29 is 0 Å². The Morgan fingerprint density at radius 2 is 2.27 bits per heavy atom. The maximum absolute atomic E-state index is 6.08. The van der Waals surface area contributed by atoms with Gasteiger partial charge in [-0.3, -0.25) is 4.98 Å². The predicted molar refractivity (Wildman–Crippen MR) is 65.3 cm³/mol. The topological polar surface area (TPSA) is 24.9 Å². The molecule has 15 heavy (non-hydrogen) atoms. The van der Waals surface area contributed by atoms with E-state index in [1.807, 2.05) is 13.1 Å². The van der Waals surface area contributed by atoms with Gasteiger partial charge in [-0.05, 0) is 31.0 Å². The van der Waals surface area contributed by atoms with E-state index in [0.717, 1.165) is 11.4 Å². The molecule has 0 aliphatic carbocycles. The Labute approximate surface area is 97.1 Å². The Balaban J connectivity index is 2.71. The maximum Gasteiger partial charge on any atom is 0.0621 e. The first kappa shape index (κ1) is 12.5. The highest BCUT2D eigenvalue weighted by molar-refractivity contribution is 6.31. The molecule has 0 aromatic carbocycles. The minimum Gasteiger partial charge on any atom is -0.316 e. The van der Waals surface area contributed by atoms with E-state index in [1.165, 1.54) is 12.0 Å². The summed E-state index contributed by atoms with van der Waals surface area (Å²) in [7, 11) is 2.01. The molecule has 1 aromatic rings. The molecule has 0 aliphatic heterocycles. The van der Waals surface area contributed by atoms with Crippen LogP contribution in [0.25, 0.3) is 0 Å². The van der Waals surface area contributed by atoms with Gasteiger partial charge in [0.15, 0.2) is 0 Å². The molecule has 2 atom stereocenters. The summed E-state index contributed by atoms with van der Waals surface area (Å²) in [6, 6.07) is 2.48. The summed E-state index contributed by atoms with van der Waals surface area (Å²) < 4.78 is 0. The number of hydrogen-bond donors (Lipinski definition) is 1. The van der Waals surface area contributed by atoms with Gasteiger partial charge in [0, 0.05) is 18.4 Å². The fraction of sp³-hybridized carbons (Fsp3) is 0.583. The zero-order chi connectivity index (χ0) is 11.3. The van der Waals surface area contributed by atoms with Gasteiger partial charge in [-0.25, -0.2) is 0 Å². The van der Waals surface area contributed by atoms with Crippen molar-refractivity contribution in [3.05, 3.63) is 29.0 Å². The van der Waals surface area contributed by atoms with Crippen molar-refractivity contribution in [2.24, 2.45) is 5.92 Å². The zero-order valence-corrected chi connectivity index (χ0v) is 10.4. The summed E-state index contributed by atoms with van der Waals surface area (Å²) in [5, 5.41) is 4.11. The van der Waals surface area contributed by atoms with Crippen LogP contribution in [0.3, 0.4) is 0 Å². The molecule has 0 saturated heterocycles. The zero-order valence-electron chi connectivity index (χ0n) is 9.63. The lowest BCUT2D eigenvalue weighted by Gasteiger charge is -2.22. The molecule has 0 bridgehead atoms. The monoisotopic (exact) mass is 226 g/mol. The lowest BCUT2D eigenvalue weighted by Crippen LogP contribution is -2.33. The largest absolute Gasteiger partial charge is 0.316 e. The summed E-state index contributed by atoms with van der Waals surface area (Å²) in [6.45, 7) is 4.47. The first-order valence-corrected chi connectivity index (χ1v) is 5.82. The van der Waals surface area contributed by atoms with E-state index in [9.17, 15) is 0 Å². The van der Waals surface area contributed by atoms with Crippen molar-refractivity contribution in [3.8, 4) is 0 Å².